The fourth-order valence-electron chi connectivity index (χ4n) is 2.46. The number of carbonyl (C=O) groups excluding carboxylic acids is 1. The molecule has 0 aromatic heterocycles. The van der Waals surface area contributed by atoms with Crippen LogP contribution < -0.4 is 14.4 Å². The van der Waals surface area contributed by atoms with Gasteiger partial charge in [-0.25, -0.2) is 12.8 Å². The van der Waals surface area contributed by atoms with E-state index in [0.717, 1.165) is 22.7 Å². The van der Waals surface area contributed by atoms with Crippen molar-refractivity contribution in [3.8, 4) is 5.75 Å². The molecule has 0 heterocycles. The Kier molecular flexibility index (Phi) is 6.57. The largest absolute Gasteiger partial charge is 0.489 e. The number of halogens is 1. The summed E-state index contributed by atoms with van der Waals surface area (Å²) in [6.45, 7) is 5.34. The number of hydrogen-bond donors (Lipinski definition) is 1. The van der Waals surface area contributed by atoms with Crippen molar-refractivity contribution in [2.75, 3.05) is 22.5 Å². The van der Waals surface area contributed by atoms with E-state index in [2.05, 4.69) is 11.9 Å². The first-order chi connectivity index (χ1) is 12.7. The van der Waals surface area contributed by atoms with E-state index in [0.29, 0.717) is 18.0 Å². The van der Waals surface area contributed by atoms with E-state index >= 15 is 0 Å². The molecule has 0 spiro atoms. The molecule has 1 amide bonds. The van der Waals surface area contributed by atoms with Crippen LogP contribution in [0.4, 0.5) is 15.8 Å². The molecule has 2 aromatic rings. The number of benzene rings is 2. The summed E-state index contributed by atoms with van der Waals surface area (Å²) in [6.07, 6.45) is 2.59. The third kappa shape index (κ3) is 5.55. The minimum absolute atomic E-state index is 0.199. The van der Waals surface area contributed by atoms with Crippen molar-refractivity contribution in [1.29, 1.82) is 0 Å². The first-order valence-electron chi connectivity index (χ1n) is 8.12. The van der Waals surface area contributed by atoms with Crippen molar-refractivity contribution in [3.05, 3.63) is 67.0 Å². The fraction of sp³-hybridized carbons (Fsp3) is 0.211. The average molecular weight is 392 g/mol. The van der Waals surface area contributed by atoms with Crippen LogP contribution in [0.3, 0.4) is 0 Å². The summed E-state index contributed by atoms with van der Waals surface area (Å²) in [6, 6.07) is 10.6. The quantitative estimate of drug-likeness (QED) is 0.700. The molecular formula is C19H21FN2O4S. The van der Waals surface area contributed by atoms with Gasteiger partial charge in [-0.2, -0.15) is 0 Å². The molecule has 1 N–H and O–H groups in total. The Labute approximate surface area is 158 Å². The number of nitrogens with zero attached hydrogens (tertiary/aromatic N) is 1. The molecule has 0 bridgehead atoms. The van der Waals surface area contributed by atoms with Crippen LogP contribution in [0.5, 0.6) is 5.75 Å². The van der Waals surface area contributed by atoms with E-state index in [1.165, 1.54) is 19.1 Å². The third-order valence-corrected chi connectivity index (χ3v) is 4.88. The molecule has 27 heavy (non-hydrogen) atoms. The van der Waals surface area contributed by atoms with Crippen molar-refractivity contribution in [1.82, 2.24) is 0 Å². The number of hydrogen-bond acceptors (Lipinski definition) is 4. The van der Waals surface area contributed by atoms with Crippen LogP contribution in [0.1, 0.15) is 6.92 Å². The molecule has 2 rings (SSSR count). The Morgan fingerprint density at radius 2 is 1.96 bits per heavy atom. The van der Waals surface area contributed by atoms with Crippen LogP contribution in [-0.4, -0.2) is 33.2 Å². The van der Waals surface area contributed by atoms with Gasteiger partial charge < -0.3 is 10.1 Å². The molecular weight excluding hydrogens is 371 g/mol. The highest BCUT2D eigenvalue weighted by Crippen LogP contribution is 2.23. The average Bonchev–Trinajstić information content (AvgIpc) is 2.61. The molecule has 6 nitrogen and oxygen atoms in total. The number of carbonyl (C=O) groups is 1. The second-order valence-electron chi connectivity index (χ2n) is 5.83. The van der Waals surface area contributed by atoms with E-state index in [1.54, 1.807) is 30.3 Å². The lowest BCUT2D eigenvalue weighted by molar-refractivity contribution is -0.116. The van der Waals surface area contributed by atoms with Gasteiger partial charge in [-0.05, 0) is 43.3 Å². The second-order valence-corrected chi connectivity index (χ2v) is 7.69. The Bertz CT molecular complexity index is 914. The molecule has 0 saturated heterocycles. The maximum absolute atomic E-state index is 13.2. The highest BCUT2D eigenvalue weighted by Gasteiger charge is 2.29. The molecule has 2 aromatic carbocycles. The smallest absolute Gasteiger partial charge is 0.247 e. The predicted molar refractivity (Wildman–Crippen MR) is 104 cm³/mol. The normalized spacial score (nSPS) is 12.1. The van der Waals surface area contributed by atoms with E-state index in [-0.39, 0.29) is 5.69 Å². The van der Waals surface area contributed by atoms with Crippen LogP contribution in [0, 0.1) is 5.82 Å². The molecule has 8 heteroatoms. The zero-order valence-corrected chi connectivity index (χ0v) is 15.9. The van der Waals surface area contributed by atoms with Crippen molar-refractivity contribution in [3.63, 3.8) is 0 Å². The standard InChI is InChI=1S/C19H21FN2O4S/c1-4-12-26-18-7-5-6-16(13-18)21-19(23)14(2)22(27(3,24)25)17-10-8-15(20)9-11-17/h4-11,13-14H,1,12H2,2-3H3,(H,21,23)/t14-/m1/s1. The van der Waals surface area contributed by atoms with Gasteiger partial charge in [0.25, 0.3) is 0 Å². The Hall–Kier alpha value is -2.87. The number of anilines is 2. The third-order valence-electron chi connectivity index (χ3n) is 3.64. The van der Waals surface area contributed by atoms with Crippen LogP contribution in [0.15, 0.2) is 61.2 Å². The number of rotatable bonds is 8. The van der Waals surface area contributed by atoms with E-state index < -0.39 is 27.8 Å². The van der Waals surface area contributed by atoms with E-state index in [1.807, 2.05) is 0 Å². The number of nitrogens with one attached hydrogen (secondary N) is 1. The van der Waals surface area contributed by atoms with Crippen LogP contribution in [0.25, 0.3) is 0 Å². The second kappa shape index (κ2) is 8.68. The summed E-state index contributed by atoms with van der Waals surface area (Å²) >= 11 is 0. The lowest BCUT2D eigenvalue weighted by atomic mass is 10.2. The minimum Gasteiger partial charge on any atom is -0.489 e. The highest BCUT2D eigenvalue weighted by molar-refractivity contribution is 7.92. The predicted octanol–water partition coefficient (Wildman–Crippen LogP) is 3.18. The zero-order valence-electron chi connectivity index (χ0n) is 15.1. The van der Waals surface area contributed by atoms with Crippen LogP contribution >= 0.6 is 0 Å². The SMILES string of the molecule is C=CCOc1cccc(NC(=O)[C@@H](C)N(c2ccc(F)cc2)S(C)(=O)=O)c1. The topological polar surface area (TPSA) is 75.7 Å². The number of amides is 1. The van der Waals surface area contributed by atoms with Gasteiger partial charge in [0.15, 0.2) is 0 Å². The number of sulfonamides is 1. The summed E-state index contributed by atoms with van der Waals surface area (Å²) in [4.78, 5) is 12.6. The van der Waals surface area contributed by atoms with Crippen molar-refractivity contribution < 1.29 is 22.3 Å². The minimum atomic E-state index is -3.77. The molecule has 0 fully saturated rings. The molecule has 144 valence electrons. The van der Waals surface area contributed by atoms with Gasteiger partial charge in [0.05, 0.1) is 11.9 Å². The van der Waals surface area contributed by atoms with Crippen molar-refractivity contribution in [2.45, 2.75) is 13.0 Å². The monoisotopic (exact) mass is 392 g/mol. The summed E-state index contributed by atoms with van der Waals surface area (Å²) in [7, 11) is -3.77. The van der Waals surface area contributed by atoms with Gasteiger partial charge in [-0.1, -0.05) is 18.7 Å². The lowest BCUT2D eigenvalue weighted by Gasteiger charge is -2.28. The molecule has 0 saturated carbocycles. The zero-order chi connectivity index (χ0) is 20.0. The molecule has 0 radical (unpaired) electrons. The lowest BCUT2D eigenvalue weighted by Crippen LogP contribution is -2.45. The van der Waals surface area contributed by atoms with Crippen LogP contribution in [-0.2, 0) is 14.8 Å². The van der Waals surface area contributed by atoms with Gasteiger partial charge in [0.1, 0.15) is 24.2 Å². The Morgan fingerprint density at radius 3 is 2.56 bits per heavy atom. The van der Waals surface area contributed by atoms with Crippen LogP contribution in [0.2, 0.25) is 0 Å². The van der Waals surface area contributed by atoms with Gasteiger partial charge in [-0.15, -0.1) is 0 Å². The summed E-state index contributed by atoms with van der Waals surface area (Å²) in [5.41, 5.74) is 0.658. The summed E-state index contributed by atoms with van der Waals surface area (Å²) < 4.78 is 43.9. The fourth-order valence-corrected chi connectivity index (χ4v) is 3.64. The van der Waals surface area contributed by atoms with Crippen molar-refractivity contribution in [2.24, 2.45) is 0 Å². The molecule has 1 atom stereocenters. The maximum atomic E-state index is 13.2. The van der Waals surface area contributed by atoms with E-state index in [4.69, 9.17) is 4.74 Å². The Balaban J connectivity index is 2.22. The molecule has 0 aliphatic carbocycles. The van der Waals surface area contributed by atoms with Gasteiger partial charge in [0.2, 0.25) is 15.9 Å². The summed E-state index contributed by atoms with van der Waals surface area (Å²) in [5, 5.41) is 2.67. The Morgan fingerprint density at radius 1 is 1.30 bits per heavy atom. The number of ether oxygens (including phenoxy) is 1. The van der Waals surface area contributed by atoms with Gasteiger partial charge in [0, 0.05) is 11.8 Å². The summed E-state index contributed by atoms with van der Waals surface area (Å²) in [5.74, 6) is -0.495. The highest BCUT2D eigenvalue weighted by atomic mass is 32.2. The first-order valence-corrected chi connectivity index (χ1v) is 9.97. The molecule has 0 aliphatic rings. The molecule has 0 unspecified atom stereocenters. The first kappa shape index (κ1) is 20.4. The van der Waals surface area contributed by atoms with Crippen molar-refractivity contribution >= 4 is 27.3 Å². The molecule has 0 aliphatic heterocycles. The van der Waals surface area contributed by atoms with E-state index in [9.17, 15) is 17.6 Å². The van der Waals surface area contributed by atoms with Gasteiger partial charge >= 0.3 is 0 Å². The maximum Gasteiger partial charge on any atom is 0.247 e. The van der Waals surface area contributed by atoms with Gasteiger partial charge in [-0.3, -0.25) is 9.10 Å².